The fourth-order valence-electron chi connectivity index (χ4n) is 0.219. The molecule has 0 aromatic rings. The molecule has 0 saturated heterocycles. The Balaban J connectivity index is 3.25. The molecule has 0 aliphatic heterocycles. The van der Waals surface area contributed by atoms with Gasteiger partial charge < -0.3 is 5.73 Å². The van der Waals surface area contributed by atoms with Gasteiger partial charge in [-0.2, -0.15) is 0 Å². The zero-order valence-electron chi connectivity index (χ0n) is 4.76. The number of hydrogen-bond donors (Lipinski definition) is 6. The van der Waals surface area contributed by atoms with E-state index in [9.17, 15) is 0 Å². The first kappa shape index (κ1) is 8.50. The van der Waals surface area contributed by atoms with E-state index in [1.165, 1.54) is 0 Å². The molecular formula is C2H10N6S. The van der Waals surface area contributed by atoms with Crippen molar-refractivity contribution in [1.29, 1.82) is 0 Å². The first-order valence-corrected chi connectivity index (χ1v) is 2.67. The Morgan fingerprint density at radius 1 is 1.67 bits per heavy atom. The maximum atomic E-state index is 5.06. The largest absolute Gasteiger partial charge is 0.317 e. The van der Waals surface area contributed by atoms with E-state index in [0.717, 1.165) is 0 Å². The van der Waals surface area contributed by atoms with Crippen LogP contribution in [0, 0.1) is 0 Å². The van der Waals surface area contributed by atoms with Gasteiger partial charge in [-0.3, -0.25) is 5.43 Å². The van der Waals surface area contributed by atoms with Crippen molar-refractivity contribution in [2.75, 3.05) is 6.67 Å². The van der Waals surface area contributed by atoms with Crippen LogP contribution >= 0.6 is 12.6 Å². The number of hydrazone groups is 1. The molecule has 0 saturated carbocycles. The quantitative estimate of drug-likeness (QED) is 0.0676. The number of hydrazine groups is 2. The smallest absolute Gasteiger partial charge is 0.193 e. The van der Waals surface area contributed by atoms with Crippen LogP contribution in [-0.4, -0.2) is 11.8 Å². The molecule has 7 N–H and O–H groups in total. The van der Waals surface area contributed by atoms with Crippen molar-refractivity contribution < 1.29 is 0 Å². The lowest BCUT2D eigenvalue weighted by molar-refractivity contribution is 0.666. The van der Waals surface area contributed by atoms with Gasteiger partial charge in [0.25, 0.3) is 0 Å². The maximum Gasteiger partial charge on any atom is 0.193 e. The summed E-state index contributed by atoms with van der Waals surface area (Å²) in [5, 5.41) is 3.76. The number of nitrogens with zero attached hydrogens (tertiary/aromatic N) is 1. The third kappa shape index (κ3) is 5.37. The van der Waals surface area contributed by atoms with Crippen molar-refractivity contribution >= 4 is 17.8 Å². The van der Waals surface area contributed by atoms with Gasteiger partial charge in [0.05, 0.1) is 6.67 Å². The number of nitrogens with two attached hydrogens (primary N) is 2. The summed E-state index contributed by atoms with van der Waals surface area (Å²) in [5.74, 6) is 4.82. The molecule has 0 radical (unpaired) electrons. The average Bonchev–Trinajstić information content (AvgIpc) is 1.85. The normalized spacial score (nSPS) is 11.2. The van der Waals surface area contributed by atoms with E-state index in [4.69, 9.17) is 11.6 Å². The summed E-state index contributed by atoms with van der Waals surface area (Å²) in [6.07, 6.45) is 0. The minimum absolute atomic E-state index is 0.296. The van der Waals surface area contributed by atoms with E-state index in [0.29, 0.717) is 11.8 Å². The van der Waals surface area contributed by atoms with Crippen LogP contribution in [0.3, 0.4) is 0 Å². The highest BCUT2D eigenvalue weighted by atomic mass is 32.1. The van der Waals surface area contributed by atoms with Gasteiger partial charge in [0.15, 0.2) is 5.17 Å². The molecular weight excluding hydrogens is 140 g/mol. The molecule has 0 aromatic heterocycles. The second-order valence-electron chi connectivity index (χ2n) is 1.07. The third-order valence-electron chi connectivity index (χ3n) is 0.473. The molecule has 0 heterocycles. The lowest BCUT2D eigenvalue weighted by Crippen LogP contribution is -2.39. The summed E-state index contributed by atoms with van der Waals surface area (Å²) >= 11 is 3.82. The highest BCUT2D eigenvalue weighted by Crippen LogP contribution is 1.70. The SMILES string of the molecule is NCNN/C(S)=N\NN. The van der Waals surface area contributed by atoms with E-state index < -0.39 is 0 Å². The van der Waals surface area contributed by atoms with Gasteiger partial charge in [-0.1, -0.05) is 0 Å². The van der Waals surface area contributed by atoms with Gasteiger partial charge in [-0.05, 0) is 0 Å². The molecule has 0 aliphatic carbocycles. The summed E-state index contributed by atoms with van der Waals surface area (Å²) in [7, 11) is 0. The summed E-state index contributed by atoms with van der Waals surface area (Å²) in [6.45, 7) is 0.296. The highest BCUT2D eigenvalue weighted by Gasteiger charge is 1.83. The molecule has 0 aromatic carbocycles. The Morgan fingerprint density at radius 3 is 2.78 bits per heavy atom. The van der Waals surface area contributed by atoms with Crippen molar-refractivity contribution in [2.45, 2.75) is 0 Å². The van der Waals surface area contributed by atoms with Crippen LogP contribution in [0.5, 0.6) is 0 Å². The van der Waals surface area contributed by atoms with E-state index in [2.05, 4.69) is 28.6 Å². The van der Waals surface area contributed by atoms with Crippen molar-refractivity contribution in [3.63, 3.8) is 0 Å². The highest BCUT2D eigenvalue weighted by molar-refractivity contribution is 7.96. The van der Waals surface area contributed by atoms with Crippen LogP contribution in [0.4, 0.5) is 0 Å². The Bertz CT molecular complexity index is 91.1. The second-order valence-corrected chi connectivity index (χ2v) is 1.49. The maximum absolute atomic E-state index is 5.06. The van der Waals surface area contributed by atoms with Crippen LogP contribution in [0.15, 0.2) is 5.10 Å². The van der Waals surface area contributed by atoms with E-state index in [1.807, 2.05) is 5.53 Å². The summed E-state index contributed by atoms with van der Waals surface area (Å²) in [4.78, 5) is 0. The molecule has 7 heteroatoms. The van der Waals surface area contributed by atoms with Gasteiger partial charge in [0, 0.05) is 0 Å². The number of thiol groups is 1. The summed E-state index contributed by atoms with van der Waals surface area (Å²) < 4.78 is 0. The molecule has 0 unspecified atom stereocenters. The number of rotatable bonds is 3. The van der Waals surface area contributed by atoms with Crippen molar-refractivity contribution in [3.05, 3.63) is 0 Å². The second kappa shape index (κ2) is 5.63. The van der Waals surface area contributed by atoms with Crippen molar-refractivity contribution in [3.8, 4) is 0 Å². The number of hydrogen-bond acceptors (Lipinski definition) is 5. The number of amidine groups is 1. The number of nitrogens with one attached hydrogen (secondary N) is 3. The van der Waals surface area contributed by atoms with Crippen LogP contribution in [0.25, 0.3) is 0 Å². The monoisotopic (exact) mass is 150 g/mol. The van der Waals surface area contributed by atoms with Gasteiger partial charge in [0.1, 0.15) is 0 Å². The fourth-order valence-corrected chi connectivity index (χ4v) is 0.356. The molecule has 0 bridgehead atoms. The zero-order chi connectivity index (χ0) is 7.11. The Kier molecular flexibility index (Phi) is 5.32. The van der Waals surface area contributed by atoms with Crippen LogP contribution in [-0.2, 0) is 0 Å². The Hall–Kier alpha value is -0.500. The topological polar surface area (TPSA) is 100 Å². The molecule has 0 fully saturated rings. The molecule has 6 nitrogen and oxygen atoms in total. The molecule has 54 valence electrons. The third-order valence-corrected chi connectivity index (χ3v) is 0.685. The predicted octanol–water partition coefficient (Wildman–Crippen LogP) is -2.34. The van der Waals surface area contributed by atoms with E-state index >= 15 is 0 Å². The molecule has 0 rings (SSSR count). The van der Waals surface area contributed by atoms with Gasteiger partial charge in [-0.15, -0.1) is 17.7 Å². The standard InChI is InChI=1S/C2H10N6S/c3-1-5-6-2(9)7-8-4/h5,8H,1,3-4H2,(H2,6,7,9). The van der Waals surface area contributed by atoms with Gasteiger partial charge in [0.2, 0.25) is 0 Å². The Labute approximate surface area is 58.4 Å². The minimum Gasteiger partial charge on any atom is -0.317 e. The van der Waals surface area contributed by atoms with Crippen LogP contribution < -0.4 is 28.0 Å². The summed E-state index contributed by atoms with van der Waals surface area (Å²) in [6, 6.07) is 0. The summed E-state index contributed by atoms with van der Waals surface area (Å²) in [5.41, 5.74) is 12.2. The fraction of sp³-hybridized carbons (Fsp3) is 0.500. The molecule has 0 amide bonds. The lowest BCUT2D eigenvalue weighted by Gasteiger charge is -2.01. The average molecular weight is 150 g/mol. The molecule has 9 heavy (non-hydrogen) atoms. The van der Waals surface area contributed by atoms with Crippen LogP contribution in [0.1, 0.15) is 0 Å². The van der Waals surface area contributed by atoms with E-state index in [-0.39, 0.29) is 0 Å². The molecule has 0 aliphatic rings. The zero-order valence-corrected chi connectivity index (χ0v) is 5.65. The molecule has 0 spiro atoms. The lowest BCUT2D eigenvalue weighted by atomic mass is 11.2. The minimum atomic E-state index is 0.296. The predicted molar refractivity (Wildman–Crippen MR) is 39.1 cm³/mol. The Morgan fingerprint density at radius 2 is 2.33 bits per heavy atom. The van der Waals surface area contributed by atoms with Gasteiger partial charge >= 0.3 is 0 Å². The first-order chi connectivity index (χ1) is 4.31. The van der Waals surface area contributed by atoms with Crippen molar-refractivity contribution in [2.24, 2.45) is 16.7 Å². The van der Waals surface area contributed by atoms with Crippen LogP contribution in [0.2, 0.25) is 0 Å². The van der Waals surface area contributed by atoms with Gasteiger partial charge in [-0.25, -0.2) is 16.8 Å². The van der Waals surface area contributed by atoms with Crippen molar-refractivity contribution in [1.82, 2.24) is 16.4 Å². The molecule has 0 atom stereocenters. The first-order valence-electron chi connectivity index (χ1n) is 2.22. The van der Waals surface area contributed by atoms with E-state index in [1.54, 1.807) is 0 Å².